The van der Waals surface area contributed by atoms with Crippen molar-refractivity contribution in [3.8, 4) is 0 Å². The standard InChI is InChI=1S/C23H18ClN3O2S/c24-16-11-13-18(14-12-16)25-21(28)15-20-22(29)27(19-9-5-2-6-10-19)23(30-20)26-17-7-3-1-4-8-17/h1-14,20H,15H2,(H,25,28)/t20-/m1/s1. The third kappa shape index (κ3) is 4.72. The third-order valence-electron chi connectivity index (χ3n) is 4.43. The van der Waals surface area contributed by atoms with Crippen molar-refractivity contribution in [1.82, 2.24) is 0 Å². The number of thioether (sulfide) groups is 1. The number of benzene rings is 3. The van der Waals surface area contributed by atoms with E-state index < -0.39 is 5.25 Å². The molecule has 1 N–H and O–H groups in total. The maximum Gasteiger partial charge on any atom is 0.247 e. The molecule has 1 heterocycles. The lowest BCUT2D eigenvalue weighted by Gasteiger charge is -2.16. The number of carbonyl (C=O) groups is 2. The third-order valence-corrected chi connectivity index (χ3v) is 5.82. The molecule has 0 radical (unpaired) electrons. The number of hydrogen-bond acceptors (Lipinski definition) is 4. The molecule has 3 aromatic rings. The molecule has 7 heteroatoms. The molecule has 0 unspecified atom stereocenters. The minimum atomic E-state index is -0.556. The van der Waals surface area contributed by atoms with Crippen LogP contribution in [0.25, 0.3) is 0 Å². The summed E-state index contributed by atoms with van der Waals surface area (Å²) in [6.45, 7) is 0. The van der Waals surface area contributed by atoms with Crippen LogP contribution in [0.3, 0.4) is 0 Å². The monoisotopic (exact) mass is 435 g/mol. The average molecular weight is 436 g/mol. The Bertz CT molecular complexity index is 1070. The fraction of sp³-hybridized carbons (Fsp3) is 0.0870. The molecule has 0 saturated carbocycles. The van der Waals surface area contributed by atoms with E-state index in [4.69, 9.17) is 11.6 Å². The number of para-hydroxylation sites is 2. The molecule has 1 fully saturated rings. The lowest BCUT2D eigenvalue weighted by Crippen LogP contribution is -2.33. The molecule has 2 amide bonds. The molecule has 5 nitrogen and oxygen atoms in total. The lowest BCUT2D eigenvalue weighted by atomic mass is 10.2. The van der Waals surface area contributed by atoms with E-state index in [9.17, 15) is 9.59 Å². The number of rotatable bonds is 5. The Morgan fingerprint density at radius 2 is 1.60 bits per heavy atom. The van der Waals surface area contributed by atoms with Crippen LogP contribution in [0.5, 0.6) is 0 Å². The Morgan fingerprint density at radius 1 is 0.967 bits per heavy atom. The summed E-state index contributed by atoms with van der Waals surface area (Å²) in [7, 11) is 0. The summed E-state index contributed by atoms with van der Waals surface area (Å²) in [5.74, 6) is -0.399. The predicted molar refractivity (Wildman–Crippen MR) is 124 cm³/mol. The number of anilines is 2. The highest BCUT2D eigenvalue weighted by Crippen LogP contribution is 2.35. The van der Waals surface area contributed by atoms with E-state index in [2.05, 4.69) is 10.3 Å². The van der Waals surface area contributed by atoms with Crippen LogP contribution in [0.4, 0.5) is 17.1 Å². The second-order valence-corrected chi connectivity index (χ2v) is 8.21. The van der Waals surface area contributed by atoms with Crippen LogP contribution in [0.2, 0.25) is 5.02 Å². The van der Waals surface area contributed by atoms with E-state index in [0.29, 0.717) is 15.9 Å². The number of hydrogen-bond donors (Lipinski definition) is 1. The van der Waals surface area contributed by atoms with Crippen LogP contribution in [0.1, 0.15) is 6.42 Å². The summed E-state index contributed by atoms with van der Waals surface area (Å²) < 4.78 is 0. The van der Waals surface area contributed by atoms with Crippen molar-refractivity contribution in [2.75, 3.05) is 10.2 Å². The van der Waals surface area contributed by atoms with Gasteiger partial charge < -0.3 is 5.32 Å². The summed E-state index contributed by atoms with van der Waals surface area (Å²) in [4.78, 5) is 31.9. The maximum absolute atomic E-state index is 13.2. The maximum atomic E-state index is 13.2. The van der Waals surface area contributed by atoms with Crippen molar-refractivity contribution in [3.05, 3.63) is 90.0 Å². The number of halogens is 1. The Morgan fingerprint density at radius 3 is 2.27 bits per heavy atom. The quantitative estimate of drug-likeness (QED) is 0.575. The van der Waals surface area contributed by atoms with E-state index in [1.54, 1.807) is 29.2 Å². The number of aliphatic imine (C=N–C) groups is 1. The summed E-state index contributed by atoms with van der Waals surface area (Å²) in [5, 5.41) is 3.41. The van der Waals surface area contributed by atoms with Gasteiger partial charge in [0.05, 0.1) is 11.4 Å². The topological polar surface area (TPSA) is 61.8 Å². The smallest absolute Gasteiger partial charge is 0.247 e. The highest BCUT2D eigenvalue weighted by Gasteiger charge is 2.40. The van der Waals surface area contributed by atoms with Gasteiger partial charge >= 0.3 is 0 Å². The lowest BCUT2D eigenvalue weighted by molar-refractivity contribution is -0.121. The number of amides is 2. The molecule has 0 aliphatic carbocycles. The van der Waals surface area contributed by atoms with Gasteiger partial charge in [0.15, 0.2) is 5.17 Å². The molecular weight excluding hydrogens is 418 g/mol. The average Bonchev–Trinajstić information content (AvgIpc) is 3.05. The van der Waals surface area contributed by atoms with Crippen molar-refractivity contribution in [2.24, 2.45) is 4.99 Å². The Hall–Kier alpha value is -3.09. The van der Waals surface area contributed by atoms with Crippen LogP contribution in [0, 0.1) is 0 Å². The fourth-order valence-corrected chi connectivity index (χ4v) is 4.30. The van der Waals surface area contributed by atoms with Crippen molar-refractivity contribution < 1.29 is 9.59 Å². The van der Waals surface area contributed by atoms with Crippen LogP contribution in [-0.4, -0.2) is 22.2 Å². The first kappa shape index (κ1) is 20.2. The zero-order valence-electron chi connectivity index (χ0n) is 15.9. The van der Waals surface area contributed by atoms with Crippen LogP contribution in [0.15, 0.2) is 89.9 Å². The zero-order chi connectivity index (χ0) is 20.9. The van der Waals surface area contributed by atoms with Gasteiger partial charge in [-0.1, -0.05) is 59.8 Å². The van der Waals surface area contributed by atoms with E-state index in [-0.39, 0.29) is 18.2 Å². The highest BCUT2D eigenvalue weighted by atomic mass is 35.5. The van der Waals surface area contributed by atoms with Gasteiger partial charge in [0, 0.05) is 17.1 Å². The van der Waals surface area contributed by atoms with Crippen molar-refractivity contribution in [1.29, 1.82) is 0 Å². The van der Waals surface area contributed by atoms with Crippen molar-refractivity contribution in [3.63, 3.8) is 0 Å². The molecule has 1 saturated heterocycles. The summed E-state index contributed by atoms with van der Waals surface area (Å²) in [6, 6.07) is 25.6. The molecule has 1 atom stereocenters. The zero-order valence-corrected chi connectivity index (χ0v) is 17.4. The molecule has 3 aromatic carbocycles. The van der Waals surface area contributed by atoms with Gasteiger partial charge in [-0.2, -0.15) is 0 Å². The molecule has 30 heavy (non-hydrogen) atoms. The van der Waals surface area contributed by atoms with Crippen LogP contribution < -0.4 is 10.2 Å². The summed E-state index contributed by atoms with van der Waals surface area (Å²) in [5.41, 5.74) is 2.11. The fourth-order valence-electron chi connectivity index (χ4n) is 3.02. The number of amidine groups is 1. The first-order chi connectivity index (χ1) is 14.6. The van der Waals surface area contributed by atoms with Gasteiger partial charge in [-0.3, -0.25) is 14.5 Å². The minimum absolute atomic E-state index is 0.0449. The molecule has 1 aliphatic heterocycles. The predicted octanol–water partition coefficient (Wildman–Crippen LogP) is 5.50. The summed E-state index contributed by atoms with van der Waals surface area (Å²) >= 11 is 7.18. The van der Waals surface area contributed by atoms with E-state index >= 15 is 0 Å². The van der Waals surface area contributed by atoms with Crippen molar-refractivity contribution in [2.45, 2.75) is 11.7 Å². The molecule has 0 spiro atoms. The van der Waals surface area contributed by atoms with Gasteiger partial charge in [0.2, 0.25) is 11.8 Å². The molecule has 1 aliphatic rings. The molecule has 150 valence electrons. The van der Waals surface area contributed by atoms with Gasteiger partial charge in [-0.25, -0.2) is 4.99 Å². The van der Waals surface area contributed by atoms with Gasteiger partial charge in [-0.15, -0.1) is 0 Å². The minimum Gasteiger partial charge on any atom is -0.326 e. The SMILES string of the molecule is O=C(C[C@H]1SC(=Nc2ccccc2)N(c2ccccc2)C1=O)Nc1ccc(Cl)cc1. The van der Waals surface area contributed by atoms with E-state index in [0.717, 1.165) is 11.4 Å². The summed E-state index contributed by atoms with van der Waals surface area (Å²) in [6.07, 6.45) is 0.0449. The molecule has 4 rings (SSSR count). The van der Waals surface area contributed by atoms with Crippen LogP contribution >= 0.6 is 23.4 Å². The number of carbonyl (C=O) groups excluding carboxylic acids is 2. The molecular formula is C23H18ClN3O2S. The number of nitrogens with zero attached hydrogens (tertiary/aromatic N) is 2. The van der Waals surface area contributed by atoms with E-state index in [1.807, 2.05) is 60.7 Å². The molecule has 0 aromatic heterocycles. The highest BCUT2D eigenvalue weighted by molar-refractivity contribution is 8.16. The first-order valence-electron chi connectivity index (χ1n) is 9.35. The van der Waals surface area contributed by atoms with Gasteiger partial charge in [-0.05, 0) is 48.5 Å². The van der Waals surface area contributed by atoms with Gasteiger partial charge in [0.1, 0.15) is 5.25 Å². The first-order valence-corrected chi connectivity index (χ1v) is 10.6. The number of nitrogens with one attached hydrogen (secondary N) is 1. The Balaban J connectivity index is 1.56. The van der Waals surface area contributed by atoms with E-state index in [1.165, 1.54) is 11.8 Å². The van der Waals surface area contributed by atoms with Gasteiger partial charge in [0.25, 0.3) is 0 Å². The second-order valence-electron chi connectivity index (χ2n) is 6.60. The Kier molecular flexibility index (Phi) is 6.16. The van der Waals surface area contributed by atoms with Crippen molar-refractivity contribution >= 4 is 57.4 Å². The molecule has 0 bridgehead atoms. The van der Waals surface area contributed by atoms with Crippen LogP contribution in [-0.2, 0) is 9.59 Å². The Labute approximate surface area is 183 Å². The normalized spacial score (nSPS) is 17.4. The second kappa shape index (κ2) is 9.15. The largest absolute Gasteiger partial charge is 0.326 e.